The van der Waals surface area contributed by atoms with Crippen LogP contribution >= 0.6 is 23.1 Å². The largest absolute Gasteiger partial charge is 0.490 e. The van der Waals surface area contributed by atoms with E-state index in [-0.39, 0.29) is 23.8 Å². The molecule has 2 rings (SSSR count). The average molecular weight is 370 g/mol. The Kier molecular flexibility index (Phi) is 6.32. The van der Waals surface area contributed by atoms with Gasteiger partial charge < -0.3 is 9.47 Å². The number of hydrogen-bond acceptors (Lipinski definition) is 9. The van der Waals surface area contributed by atoms with Gasteiger partial charge in [-0.15, -0.1) is 10.2 Å². The standard InChI is InChI=1S/C13H14N4O5S2/c1-3-23-13-16-15-12(24-13)14-11(18)7-22-8-4-5-9(17(19)20)10(6-8)21-2/h4-6H,3,7H2,1-2H3,(H,14,15,18). The molecule has 9 nitrogen and oxygen atoms in total. The number of carbonyl (C=O) groups is 1. The Morgan fingerprint density at radius 1 is 1.46 bits per heavy atom. The molecule has 11 heteroatoms. The second-order valence-electron chi connectivity index (χ2n) is 4.23. The quantitative estimate of drug-likeness (QED) is 0.326. The average Bonchev–Trinajstić information content (AvgIpc) is 2.99. The number of rotatable bonds is 8. The minimum absolute atomic E-state index is 0.0586. The lowest BCUT2D eigenvalue weighted by Crippen LogP contribution is -2.20. The summed E-state index contributed by atoms with van der Waals surface area (Å²) in [4.78, 5) is 22.1. The summed E-state index contributed by atoms with van der Waals surface area (Å²) < 4.78 is 11.0. The van der Waals surface area contributed by atoms with Gasteiger partial charge in [0.25, 0.3) is 5.91 Å². The van der Waals surface area contributed by atoms with Crippen LogP contribution < -0.4 is 14.8 Å². The number of benzene rings is 1. The predicted octanol–water partition coefficient (Wildman–Crippen LogP) is 2.58. The van der Waals surface area contributed by atoms with Crippen LogP contribution in [0.25, 0.3) is 0 Å². The first-order valence-electron chi connectivity index (χ1n) is 6.75. The Morgan fingerprint density at radius 3 is 2.92 bits per heavy atom. The number of hydrogen-bond donors (Lipinski definition) is 1. The number of anilines is 1. The molecule has 1 aromatic carbocycles. The molecule has 128 valence electrons. The molecule has 1 heterocycles. The molecule has 0 spiro atoms. The molecule has 0 saturated heterocycles. The van der Waals surface area contributed by atoms with Crippen molar-refractivity contribution in [3.05, 3.63) is 28.3 Å². The summed E-state index contributed by atoms with van der Waals surface area (Å²) in [6.07, 6.45) is 0. The molecule has 0 bridgehead atoms. The fourth-order valence-corrected chi connectivity index (χ4v) is 3.31. The van der Waals surface area contributed by atoms with E-state index < -0.39 is 10.8 Å². The van der Waals surface area contributed by atoms with Crippen molar-refractivity contribution in [1.82, 2.24) is 10.2 Å². The lowest BCUT2D eigenvalue weighted by molar-refractivity contribution is -0.385. The number of nitrogens with one attached hydrogen (secondary N) is 1. The molecule has 0 aliphatic carbocycles. The number of ether oxygens (including phenoxy) is 2. The van der Waals surface area contributed by atoms with Gasteiger partial charge in [-0.2, -0.15) is 0 Å². The molecule has 0 saturated carbocycles. The maximum absolute atomic E-state index is 11.8. The van der Waals surface area contributed by atoms with Crippen LogP contribution in [0.4, 0.5) is 10.8 Å². The number of carbonyl (C=O) groups excluding carboxylic acids is 1. The van der Waals surface area contributed by atoms with Gasteiger partial charge >= 0.3 is 5.69 Å². The van der Waals surface area contributed by atoms with Crippen molar-refractivity contribution >= 4 is 39.8 Å². The van der Waals surface area contributed by atoms with Gasteiger partial charge in [-0.1, -0.05) is 30.0 Å². The number of nitro groups is 1. The highest BCUT2D eigenvalue weighted by Crippen LogP contribution is 2.30. The lowest BCUT2D eigenvalue weighted by atomic mass is 10.3. The van der Waals surface area contributed by atoms with Crippen LogP contribution in [0, 0.1) is 10.1 Å². The molecular weight excluding hydrogens is 356 g/mol. The summed E-state index contributed by atoms with van der Waals surface area (Å²) in [6, 6.07) is 4.01. The fourth-order valence-electron chi connectivity index (χ4n) is 1.64. The molecule has 1 N–H and O–H groups in total. The van der Waals surface area contributed by atoms with E-state index >= 15 is 0 Å². The van der Waals surface area contributed by atoms with Gasteiger partial charge in [0.1, 0.15) is 5.75 Å². The monoisotopic (exact) mass is 370 g/mol. The number of methoxy groups -OCH3 is 1. The fraction of sp³-hybridized carbons (Fsp3) is 0.308. The summed E-state index contributed by atoms with van der Waals surface area (Å²) in [5.74, 6) is 0.806. The number of amides is 1. The molecule has 0 atom stereocenters. The molecule has 2 aromatic rings. The SMILES string of the molecule is CCSc1nnc(NC(=O)COc2ccc([N+](=O)[O-])c(OC)c2)s1. The summed E-state index contributed by atoms with van der Waals surface area (Å²) in [6.45, 7) is 1.73. The zero-order valence-electron chi connectivity index (χ0n) is 12.8. The third-order valence-electron chi connectivity index (χ3n) is 2.64. The van der Waals surface area contributed by atoms with Crippen LogP contribution in [0.15, 0.2) is 22.5 Å². The third kappa shape index (κ3) is 4.80. The van der Waals surface area contributed by atoms with E-state index in [2.05, 4.69) is 15.5 Å². The van der Waals surface area contributed by atoms with Crippen LogP contribution in [0.2, 0.25) is 0 Å². The van der Waals surface area contributed by atoms with E-state index in [0.717, 1.165) is 10.1 Å². The summed E-state index contributed by atoms with van der Waals surface area (Å²) in [5, 5.41) is 21.6. The van der Waals surface area contributed by atoms with Crippen molar-refractivity contribution in [2.75, 3.05) is 24.8 Å². The molecule has 0 aliphatic heterocycles. The minimum atomic E-state index is -0.559. The molecule has 0 radical (unpaired) electrons. The second-order valence-corrected chi connectivity index (χ2v) is 6.72. The summed E-state index contributed by atoms with van der Waals surface area (Å²) in [7, 11) is 1.32. The zero-order valence-corrected chi connectivity index (χ0v) is 14.5. The normalized spacial score (nSPS) is 10.2. The van der Waals surface area contributed by atoms with Crippen molar-refractivity contribution in [2.24, 2.45) is 0 Å². The maximum Gasteiger partial charge on any atom is 0.311 e. The molecule has 0 aliphatic rings. The van der Waals surface area contributed by atoms with Gasteiger partial charge in [0.2, 0.25) is 10.9 Å². The van der Waals surface area contributed by atoms with E-state index in [9.17, 15) is 14.9 Å². The molecule has 0 unspecified atom stereocenters. The van der Waals surface area contributed by atoms with Crippen LogP contribution in [0.1, 0.15) is 6.92 Å². The third-order valence-corrected chi connectivity index (χ3v) is 4.49. The lowest BCUT2D eigenvalue weighted by Gasteiger charge is -2.07. The molecule has 1 aromatic heterocycles. The predicted molar refractivity (Wildman–Crippen MR) is 90.1 cm³/mol. The highest BCUT2D eigenvalue weighted by atomic mass is 32.2. The topological polar surface area (TPSA) is 116 Å². The van der Waals surface area contributed by atoms with E-state index in [1.807, 2.05) is 6.92 Å². The Hall–Kier alpha value is -2.40. The van der Waals surface area contributed by atoms with Crippen LogP contribution in [-0.2, 0) is 4.79 Å². The van der Waals surface area contributed by atoms with Crippen molar-refractivity contribution in [2.45, 2.75) is 11.3 Å². The Labute approximate surface area is 145 Å². The number of aromatic nitrogens is 2. The highest BCUT2D eigenvalue weighted by molar-refractivity contribution is 8.01. The molecule has 1 amide bonds. The van der Waals surface area contributed by atoms with Gasteiger partial charge in [0, 0.05) is 12.1 Å². The van der Waals surface area contributed by atoms with E-state index in [4.69, 9.17) is 9.47 Å². The molecule has 24 heavy (non-hydrogen) atoms. The van der Waals surface area contributed by atoms with E-state index in [0.29, 0.717) is 5.13 Å². The summed E-state index contributed by atoms with van der Waals surface area (Å²) in [5.41, 5.74) is -0.177. The first-order chi connectivity index (χ1) is 11.5. The Morgan fingerprint density at radius 2 is 2.25 bits per heavy atom. The highest BCUT2D eigenvalue weighted by Gasteiger charge is 2.16. The van der Waals surface area contributed by atoms with Gasteiger partial charge in [0.15, 0.2) is 10.9 Å². The number of nitro benzene ring substituents is 1. The van der Waals surface area contributed by atoms with Gasteiger partial charge in [-0.3, -0.25) is 20.2 Å². The number of thioether (sulfide) groups is 1. The molecular formula is C13H14N4O5S2. The van der Waals surface area contributed by atoms with Gasteiger partial charge in [-0.25, -0.2) is 0 Å². The van der Waals surface area contributed by atoms with E-state index in [1.165, 1.54) is 48.4 Å². The summed E-state index contributed by atoms with van der Waals surface area (Å²) >= 11 is 2.81. The maximum atomic E-state index is 11.8. The Balaban J connectivity index is 1.92. The van der Waals surface area contributed by atoms with Gasteiger partial charge in [0.05, 0.1) is 12.0 Å². The van der Waals surface area contributed by atoms with Crippen LogP contribution in [-0.4, -0.2) is 40.5 Å². The number of nitrogens with zero attached hydrogens (tertiary/aromatic N) is 3. The van der Waals surface area contributed by atoms with Crippen molar-refractivity contribution in [3.63, 3.8) is 0 Å². The molecule has 0 fully saturated rings. The van der Waals surface area contributed by atoms with Crippen LogP contribution in [0.5, 0.6) is 11.5 Å². The van der Waals surface area contributed by atoms with Crippen molar-refractivity contribution in [1.29, 1.82) is 0 Å². The van der Waals surface area contributed by atoms with E-state index in [1.54, 1.807) is 0 Å². The first-order valence-corrected chi connectivity index (χ1v) is 8.55. The van der Waals surface area contributed by atoms with Crippen molar-refractivity contribution < 1.29 is 19.2 Å². The second kappa shape index (κ2) is 8.45. The Bertz CT molecular complexity index is 737. The van der Waals surface area contributed by atoms with Gasteiger partial charge in [-0.05, 0) is 11.8 Å². The smallest absolute Gasteiger partial charge is 0.311 e. The first kappa shape index (κ1) is 17.9. The zero-order chi connectivity index (χ0) is 17.5. The minimum Gasteiger partial charge on any atom is -0.490 e. The van der Waals surface area contributed by atoms with Crippen molar-refractivity contribution in [3.8, 4) is 11.5 Å². The van der Waals surface area contributed by atoms with Crippen LogP contribution in [0.3, 0.4) is 0 Å².